The van der Waals surface area contributed by atoms with Gasteiger partial charge in [-0.05, 0) is 49.6 Å². The zero-order valence-corrected chi connectivity index (χ0v) is 11.3. The maximum atomic E-state index is 3.57. The van der Waals surface area contributed by atoms with E-state index in [1.807, 2.05) is 0 Å². The van der Waals surface area contributed by atoms with Gasteiger partial charge in [-0.1, -0.05) is 20.8 Å². The summed E-state index contributed by atoms with van der Waals surface area (Å²) < 4.78 is 0. The van der Waals surface area contributed by atoms with E-state index in [0.717, 1.165) is 11.8 Å². The highest BCUT2D eigenvalue weighted by Crippen LogP contribution is 2.49. The molecule has 0 aromatic rings. The second kappa shape index (κ2) is 5.05. The molecule has 0 amide bonds. The summed E-state index contributed by atoms with van der Waals surface area (Å²) in [4.78, 5) is 2.74. The lowest BCUT2D eigenvalue weighted by Gasteiger charge is -2.34. The quantitative estimate of drug-likeness (QED) is 0.791. The van der Waals surface area contributed by atoms with Crippen LogP contribution in [0, 0.1) is 17.3 Å². The zero-order chi connectivity index (χ0) is 11.6. The van der Waals surface area contributed by atoms with E-state index in [4.69, 9.17) is 0 Å². The highest BCUT2D eigenvalue weighted by atomic mass is 15.2. The van der Waals surface area contributed by atoms with Crippen molar-refractivity contribution in [2.75, 3.05) is 32.7 Å². The van der Waals surface area contributed by atoms with E-state index in [1.54, 1.807) is 0 Å². The van der Waals surface area contributed by atoms with E-state index in [0.29, 0.717) is 5.41 Å². The average Bonchev–Trinajstić information content (AvgIpc) is 2.96. The molecule has 94 valence electrons. The van der Waals surface area contributed by atoms with E-state index in [-0.39, 0.29) is 0 Å². The molecular formula is C14H28N2. The molecule has 2 atom stereocenters. The van der Waals surface area contributed by atoms with Crippen molar-refractivity contribution >= 4 is 0 Å². The summed E-state index contributed by atoms with van der Waals surface area (Å²) in [5.74, 6) is 1.61. The predicted molar refractivity (Wildman–Crippen MR) is 69.6 cm³/mol. The normalized spacial score (nSPS) is 35.4. The Hall–Kier alpha value is -0.0800. The molecule has 0 bridgehead atoms. The smallest absolute Gasteiger partial charge is 0.00381 e. The molecule has 1 aliphatic carbocycles. The predicted octanol–water partition coefficient (Wildman–Crippen LogP) is 2.35. The average molecular weight is 224 g/mol. The molecule has 2 unspecified atom stereocenters. The molecule has 1 saturated carbocycles. The van der Waals surface area contributed by atoms with Crippen LogP contribution in [0.25, 0.3) is 0 Å². The molecule has 1 heterocycles. The molecule has 2 rings (SSSR count). The fourth-order valence-corrected chi connectivity index (χ4v) is 3.07. The van der Waals surface area contributed by atoms with Crippen LogP contribution < -0.4 is 5.32 Å². The Balaban J connectivity index is 1.89. The van der Waals surface area contributed by atoms with Gasteiger partial charge in [-0.2, -0.15) is 0 Å². The van der Waals surface area contributed by atoms with E-state index < -0.39 is 0 Å². The maximum Gasteiger partial charge on any atom is 0.00381 e. The molecule has 2 fully saturated rings. The highest BCUT2D eigenvalue weighted by Gasteiger charge is 2.42. The highest BCUT2D eigenvalue weighted by molar-refractivity contribution is 4.95. The van der Waals surface area contributed by atoms with Crippen LogP contribution in [0.1, 0.15) is 40.0 Å². The number of nitrogens with one attached hydrogen (secondary N) is 1. The van der Waals surface area contributed by atoms with E-state index in [1.165, 1.54) is 52.0 Å². The lowest BCUT2D eigenvalue weighted by atomic mass is 9.99. The van der Waals surface area contributed by atoms with Crippen LogP contribution in [-0.2, 0) is 0 Å². The minimum atomic E-state index is 0.714. The Bertz CT molecular complexity index is 211. The minimum Gasteiger partial charge on any atom is -0.316 e. The van der Waals surface area contributed by atoms with Gasteiger partial charge in [0.05, 0.1) is 0 Å². The summed E-state index contributed by atoms with van der Waals surface area (Å²) in [6.45, 7) is 13.4. The molecule has 2 aliphatic rings. The molecule has 2 nitrogen and oxygen atoms in total. The second-order valence-electron chi connectivity index (χ2n) is 6.42. The van der Waals surface area contributed by atoms with Crippen molar-refractivity contribution in [2.45, 2.75) is 40.0 Å². The largest absolute Gasteiger partial charge is 0.316 e. The van der Waals surface area contributed by atoms with Crippen molar-refractivity contribution in [3.05, 3.63) is 0 Å². The van der Waals surface area contributed by atoms with Crippen LogP contribution in [0.5, 0.6) is 0 Å². The van der Waals surface area contributed by atoms with Gasteiger partial charge >= 0.3 is 0 Å². The van der Waals surface area contributed by atoms with E-state index >= 15 is 0 Å². The van der Waals surface area contributed by atoms with Gasteiger partial charge in [-0.3, -0.25) is 0 Å². The molecule has 16 heavy (non-hydrogen) atoms. The van der Waals surface area contributed by atoms with Crippen molar-refractivity contribution in [3.8, 4) is 0 Å². The van der Waals surface area contributed by atoms with Crippen molar-refractivity contribution in [2.24, 2.45) is 17.3 Å². The molecule has 1 N–H and O–H groups in total. The molecule has 0 spiro atoms. The van der Waals surface area contributed by atoms with Gasteiger partial charge in [0.25, 0.3) is 0 Å². The Morgan fingerprint density at radius 2 is 1.69 bits per heavy atom. The number of nitrogens with zero attached hydrogens (tertiary/aromatic N) is 1. The first kappa shape index (κ1) is 12.4. The van der Waals surface area contributed by atoms with E-state index in [9.17, 15) is 0 Å². The van der Waals surface area contributed by atoms with Gasteiger partial charge in [0, 0.05) is 19.6 Å². The van der Waals surface area contributed by atoms with Gasteiger partial charge in [-0.25, -0.2) is 0 Å². The monoisotopic (exact) mass is 224 g/mol. The fourth-order valence-electron chi connectivity index (χ4n) is 3.07. The Labute approximate surface area is 101 Å². The van der Waals surface area contributed by atoms with Crippen LogP contribution in [-0.4, -0.2) is 37.6 Å². The third kappa shape index (κ3) is 3.21. The van der Waals surface area contributed by atoms with Gasteiger partial charge < -0.3 is 10.2 Å². The van der Waals surface area contributed by atoms with Gasteiger partial charge in [-0.15, -0.1) is 0 Å². The van der Waals surface area contributed by atoms with Crippen LogP contribution in [0.3, 0.4) is 0 Å². The maximum absolute atomic E-state index is 3.57. The minimum absolute atomic E-state index is 0.714. The van der Waals surface area contributed by atoms with Gasteiger partial charge in [0.15, 0.2) is 0 Å². The standard InChI is InChI=1S/C14H28N2/c1-4-14(5-6-14)11-16-9-12(2)7-15-8-13(3)10-16/h12-13,15H,4-11H2,1-3H3. The van der Waals surface area contributed by atoms with Crippen molar-refractivity contribution in [1.82, 2.24) is 10.2 Å². The van der Waals surface area contributed by atoms with Crippen molar-refractivity contribution in [3.63, 3.8) is 0 Å². The fraction of sp³-hybridized carbons (Fsp3) is 1.00. The van der Waals surface area contributed by atoms with Gasteiger partial charge in [0.2, 0.25) is 0 Å². The first-order chi connectivity index (χ1) is 7.63. The number of hydrogen-bond donors (Lipinski definition) is 1. The summed E-state index contributed by atoms with van der Waals surface area (Å²) in [7, 11) is 0. The number of rotatable bonds is 3. The Morgan fingerprint density at radius 1 is 1.12 bits per heavy atom. The third-order valence-electron chi connectivity index (χ3n) is 4.39. The Kier molecular flexibility index (Phi) is 3.91. The van der Waals surface area contributed by atoms with Crippen LogP contribution in [0.4, 0.5) is 0 Å². The molecule has 0 radical (unpaired) electrons. The zero-order valence-electron chi connectivity index (χ0n) is 11.3. The SMILES string of the molecule is CCC1(CN2CC(C)CNCC(C)C2)CC1. The molecule has 1 aliphatic heterocycles. The topological polar surface area (TPSA) is 15.3 Å². The van der Waals surface area contributed by atoms with Gasteiger partial charge in [0.1, 0.15) is 0 Å². The molecule has 0 aromatic carbocycles. The summed E-state index contributed by atoms with van der Waals surface area (Å²) in [5.41, 5.74) is 0.714. The van der Waals surface area contributed by atoms with Crippen LogP contribution in [0.2, 0.25) is 0 Å². The molecule has 2 heteroatoms. The third-order valence-corrected chi connectivity index (χ3v) is 4.39. The first-order valence-electron chi connectivity index (χ1n) is 7.06. The van der Waals surface area contributed by atoms with Crippen LogP contribution >= 0.6 is 0 Å². The first-order valence-corrected chi connectivity index (χ1v) is 7.06. The summed E-state index contributed by atoms with van der Waals surface area (Å²) in [6.07, 6.45) is 4.33. The summed E-state index contributed by atoms with van der Waals surface area (Å²) >= 11 is 0. The lowest BCUT2D eigenvalue weighted by molar-refractivity contribution is 0.152. The summed E-state index contributed by atoms with van der Waals surface area (Å²) in [6, 6.07) is 0. The van der Waals surface area contributed by atoms with Crippen LogP contribution in [0.15, 0.2) is 0 Å². The molecular weight excluding hydrogens is 196 g/mol. The lowest BCUT2D eigenvalue weighted by Crippen LogP contribution is -2.44. The molecule has 1 saturated heterocycles. The van der Waals surface area contributed by atoms with Crippen molar-refractivity contribution < 1.29 is 0 Å². The Morgan fingerprint density at radius 3 is 2.12 bits per heavy atom. The summed E-state index contributed by atoms with van der Waals surface area (Å²) in [5, 5.41) is 3.57. The van der Waals surface area contributed by atoms with E-state index in [2.05, 4.69) is 31.0 Å². The molecule has 0 aromatic heterocycles. The number of hydrogen-bond acceptors (Lipinski definition) is 2. The second-order valence-corrected chi connectivity index (χ2v) is 6.42. The van der Waals surface area contributed by atoms with Crippen molar-refractivity contribution in [1.29, 1.82) is 0 Å².